The van der Waals surface area contributed by atoms with Crippen molar-refractivity contribution in [1.29, 1.82) is 0 Å². The molecule has 5 rings (SSSR count). The number of rotatable bonds is 3. The van der Waals surface area contributed by atoms with Crippen molar-refractivity contribution in [2.75, 3.05) is 0 Å². The van der Waals surface area contributed by atoms with Gasteiger partial charge in [-0.05, 0) is 46.7 Å². The van der Waals surface area contributed by atoms with Gasteiger partial charge >= 0.3 is 5.88 Å². The van der Waals surface area contributed by atoms with Gasteiger partial charge < -0.3 is 10.2 Å². The first-order valence-corrected chi connectivity index (χ1v) is 10.1. The van der Waals surface area contributed by atoms with Crippen LogP contribution in [0, 0.1) is 0 Å². The van der Waals surface area contributed by atoms with Gasteiger partial charge in [-0.1, -0.05) is 76.6 Å². The summed E-state index contributed by atoms with van der Waals surface area (Å²) in [5.74, 6) is 0.686. The summed E-state index contributed by atoms with van der Waals surface area (Å²) in [6.07, 6.45) is 1.71. The molecule has 0 atom stereocenters. The molecule has 140 valence electrons. The summed E-state index contributed by atoms with van der Waals surface area (Å²) < 4.78 is 8.95. The van der Waals surface area contributed by atoms with Crippen LogP contribution in [-0.4, -0.2) is 0 Å². The Morgan fingerprint density at radius 1 is 0.655 bits per heavy atom. The molecule has 0 fully saturated rings. The average molecular weight is 441 g/mol. The van der Waals surface area contributed by atoms with Gasteiger partial charge in [0.2, 0.25) is 5.69 Å². The maximum absolute atomic E-state index is 6.04. The number of nitrogens with zero attached hydrogens (tertiary/aromatic N) is 2. The lowest BCUT2D eigenvalue weighted by molar-refractivity contribution is -0.615. The predicted molar refractivity (Wildman–Crippen MR) is 119 cm³/mol. The normalized spacial score (nSPS) is 12.4. The van der Waals surface area contributed by atoms with Gasteiger partial charge in [-0.3, -0.25) is 0 Å². The number of halogens is 1. The van der Waals surface area contributed by atoms with E-state index in [2.05, 4.69) is 46.3 Å². The summed E-state index contributed by atoms with van der Waals surface area (Å²) in [6.45, 7) is 0. The second-order valence-corrected chi connectivity index (χ2v) is 7.65. The molecular formula is C25H17BrN2O. The summed E-state index contributed by atoms with van der Waals surface area (Å²) in [5, 5.41) is 0. The quantitative estimate of drug-likeness (QED) is 0.329. The van der Waals surface area contributed by atoms with E-state index in [1.54, 1.807) is 6.26 Å². The summed E-state index contributed by atoms with van der Waals surface area (Å²) >= 11 is 3.48. The fourth-order valence-electron chi connectivity index (χ4n) is 3.36. The molecular weight excluding hydrogens is 424 g/mol. The second kappa shape index (κ2) is 7.57. The molecule has 0 saturated carbocycles. The lowest BCUT2D eigenvalue weighted by Gasteiger charge is -2.26. The molecule has 2 heterocycles. The summed E-state index contributed by atoms with van der Waals surface area (Å²) in [6, 6.07) is 32.8. The van der Waals surface area contributed by atoms with Gasteiger partial charge in [-0.15, -0.1) is 0 Å². The number of fused-ring (bicyclic) bond motifs is 1. The van der Waals surface area contributed by atoms with E-state index in [1.807, 2.05) is 71.4 Å². The van der Waals surface area contributed by atoms with Gasteiger partial charge in [0.1, 0.15) is 0 Å². The van der Waals surface area contributed by atoms with Gasteiger partial charge in [-0.25, -0.2) is 0 Å². The summed E-state index contributed by atoms with van der Waals surface area (Å²) in [4.78, 5) is 0. The minimum Gasteiger partial charge on any atom is -0.414 e. The Morgan fingerprint density at radius 3 is 2.00 bits per heavy atom. The molecule has 0 unspecified atom stereocenters. The van der Waals surface area contributed by atoms with E-state index in [4.69, 9.17) is 10.2 Å². The molecule has 4 heteroatoms. The predicted octanol–water partition coefficient (Wildman–Crippen LogP) is 6.60. The molecule has 0 aliphatic carbocycles. The lowest BCUT2D eigenvalue weighted by atomic mass is 10.0. The maximum atomic E-state index is 6.04. The van der Waals surface area contributed by atoms with Gasteiger partial charge in [0, 0.05) is 16.1 Å². The number of hydrogen-bond acceptors (Lipinski definition) is 1. The number of aromatic nitrogens is 1. The van der Waals surface area contributed by atoms with Crippen LogP contribution in [0.5, 0.6) is 5.88 Å². The molecule has 4 aromatic rings. The molecule has 3 nitrogen and oxygen atoms in total. The Bertz CT molecular complexity index is 1190. The monoisotopic (exact) mass is 440 g/mol. The minimum atomic E-state index is 0.686. The smallest absolute Gasteiger partial charge is 0.369 e. The molecule has 0 amide bonds. The standard InChI is InChI=1S/C25H17BrN2O/c26-22-13-11-19(12-14-22)23-17-29-25-16-21(18-7-3-1-4-8-18)15-24(28(25)27-23)20-9-5-2-6-10-20/h1-17H. The van der Waals surface area contributed by atoms with Crippen LogP contribution in [0.4, 0.5) is 0 Å². The van der Waals surface area contributed by atoms with Gasteiger partial charge in [-0.2, -0.15) is 4.68 Å². The van der Waals surface area contributed by atoms with Crippen molar-refractivity contribution in [3.8, 4) is 28.3 Å². The highest BCUT2D eigenvalue weighted by Gasteiger charge is 2.21. The number of ether oxygens (including phenoxy) is 1. The first-order valence-electron chi connectivity index (χ1n) is 9.34. The van der Waals surface area contributed by atoms with Crippen LogP contribution >= 0.6 is 15.9 Å². The number of hydrogen-bond donors (Lipinski definition) is 0. The highest BCUT2D eigenvalue weighted by atomic mass is 79.9. The fraction of sp³-hybridized carbons (Fsp3) is 0. The van der Waals surface area contributed by atoms with E-state index in [1.165, 1.54) is 0 Å². The van der Waals surface area contributed by atoms with Crippen molar-refractivity contribution in [3.05, 3.63) is 119 Å². The first kappa shape index (κ1) is 17.7. The molecule has 1 aliphatic rings. The van der Waals surface area contributed by atoms with Crippen molar-refractivity contribution in [3.63, 3.8) is 0 Å². The lowest BCUT2D eigenvalue weighted by Crippen LogP contribution is -2.36. The van der Waals surface area contributed by atoms with E-state index < -0.39 is 0 Å². The Hall–Kier alpha value is -3.37. The third-order valence-corrected chi connectivity index (χ3v) is 5.35. The van der Waals surface area contributed by atoms with Crippen LogP contribution in [0.3, 0.4) is 0 Å². The largest absolute Gasteiger partial charge is 0.414 e. The molecule has 1 aromatic heterocycles. The Balaban J connectivity index is 1.63. The molecule has 0 spiro atoms. The van der Waals surface area contributed by atoms with Crippen LogP contribution < -0.4 is 9.41 Å². The van der Waals surface area contributed by atoms with Crippen molar-refractivity contribution in [1.82, 2.24) is 0 Å². The van der Waals surface area contributed by atoms with E-state index in [9.17, 15) is 0 Å². The Kier molecular flexibility index (Phi) is 4.62. The summed E-state index contributed by atoms with van der Waals surface area (Å²) in [7, 11) is 0. The van der Waals surface area contributed by atoms with Crippen molar-refractivity contribution in [2.45, 2.75) is 0 Å². The van der Waals surface area contributed by atoms with Gasteiger partial charge in [0.15, 0.2) is 0 Å². The molecule has 29 heavy (non-hydrogen) atoms. The number of pyridine rings is 1. The molecule has 0 radical (unpaired) electrons. The molecule has 0 N–H and O–H groups in total. The van der Waals surface area contributed by atoms with E-state index in [0.717, 1.165) is 38.1 Å². The van der Waals surface area contributed by atoms with Crippen molar-refractivity contribution < 1.29 is 9.41 Å². The average Bonchev–Trinajstić information content (AvgIpc) is 2.80. The molecule has 1 aliphatic heterocycles. The van der Waals surface area contributed by atoms with E-state index >= 15 is 0 Å². The zero-order valence-electron chi connectivity index (χ0n) is 15.5. The fourth-order valence-corrected chi connectivity index (χ4v) is 3.62. The third-order valence-electron chi connectivity index (χ3n) is 4.82. The zero-order valence-corrected chi connectivity index (χ0v) is 17.1. The molecule has 3 aromatic carbocycles. The zero-order chi connectivity index (χ0) is 19.6. The Morgan fingerprint density at radius 2 is 1.31 bits per heavy atom. The highest BCUT2D eigenvalue weighted by molar-refractivity contribution is 9.10. The maximum Gasteiger partial charge on any atom is 0.369 e. The third kappa shape index (κ3) is 3.55. The van der Waals surface area contributed by atoms with Crippen LogP contribution in [0.2, 0.25) is 0 Å². The van der Waals surface area contributed by atoms with Crippen LogP contribution in [0.25, 0.3) is 33.5 Å². The molecule has 0 saturated heterocycles. The van der Waals surface area contributed by atoms with E-state index in [0.29, 0.717) is 5.88 Å². The highest BCUT2D eigenvalue weighted by Crippen LogP contribution is 2.33. The number of benzene rings is 3. The van der Waals surface area contributed by atoms with E-state index in [-0.39, 0.29) is 0 Å². The van der Waals surface area contributed by atoms with Crippen LogP contribution in [0.15, 0.2) is 108 Å². The topological polar surface area (TPSA) is 27.2 Å². The van der Waals surface area contributed by atoms with Crippen molar-refractivity contribution in [2.24, 2.45) is 0 Å². The summed E-state index contributed by atoms with van der Waals surface area (Å²) in [5.41, 5.74) is 11.0. The first-order chi connectivity index (χ1) is 14.3. The SMILES string of the molecule is Brc1ccc(C2=COc3cc(-c4ccccc4)cc(-c4ccccc4)[n+]3[N-]2)cc1. The van der Waals surface area contributed by atoms with Crippen LogP contribution in [0.1, 0.15) is 5.56 Å². The van der Waals surface area contributed by atoms with Crippen LogP contribution in [-0.2, 0) is 0 Å². The van der Waals surface area contributed by atoms with Gasteiger partial charge in [0.25, 0.3) is 0 Å². The molecule has 0 bridgehead atoms. The Labute approximate surface area is 178 Å². The second-order valence-electron chi connectivity index (χ2n) is 6.74. The van der Waals surface area contributed by atoms with Crippen molar-refractivity contribution >= 4 is 21.6 Å². The minimum absolute atomic E-state index is 0.686. The van der Waals surface area contributed by atoms with Gasteiger partial charge in [0.05, 0.1) is 12.3 Å².